The molecule has 2 amide bonds. The molecule has 0 unspecified atom stereocenters. The summed E-state index contributed by atoms with van der Waals surface area (Å²) in [4.78, 5) is 23.3. The highest BCUT2D eigenvalue weighted by Gasteiger charge is 2.32. The van der Waals surface area contributed by atoms with E-state index in [4.69, 9.17) is 4.74 Å². The Kier molecular flexibility index (Phi) is 6.75. The molecule has 24 heavy (non-hydrogen) atoms. The summed E-state index contributed by atoms with van der Waals surface area (Å²) in [5, 5.41) is 9.13. The van der Waals surface area contributed by atoms with Crippen LogP contribution in [0.3, 0.4) is 0 Å². The van der Waals surface area contributed by atoms with Crippen molar-refractivity contribution in [3.05, 3.63) is 35.4 Å². The van der Waals surface area contributed by atoms with Gasteiger partial charge in [-0.1, -0.05) is 12.1 Å². The van der Waals surface area contributed by atoms with Crippen LogP contribution in [0, 0.1) is 5.41 Å². The summed E-state index contributed by atoms with van der Waals surface area (Å²) in [6, 6.07) is 7.30. The van der Waals surface area contributed by atoms with Crippen LogP contribution in [-0.4, -0.2) is 45.2 Å². The lowest BCUT2D eigenvalue weighted by atomic mass is 9.79. The van der Waals surface area contributed by atoms with Crippen molar-refractivity contribution in [1.82, 2.24) is 16.0 Å². The van der Waals surface area contributed by atoms with E-state index in [0.29, 0.717) is 25.3 Å². The monoisotopic (exact) mass is 333 g/mol. The first kappa shape index (κ1) is 18.4. The predicted molar refractivity (Wildman–Crippen MR) is 92.7 cm³/mol. The zero-order valence-electron chi connectivity index (χ0n) is 14.5. The van der Waals surface area contributed by atoms with Crippen molar-refractivity contribution in [2.24, 2.45) is 5.41 Å². The Morgan fingerprint density at radius 1 is 1.17 bits per heavy atom. The zero-order chi connectivity index (χ0) is 17.4. The van der Waals surface area contributed by atoms with Crippen LogP contribution in [0.5, 0.6) is 0 Å². The molecule has 6 heteroatoms. The van der Waals surface area contributed by atoms with Gasteiger partial charge in [0.25, 0.3) is 5.91 Å². The van der Waals surface area contributed by atoms with Crippen LogP contribution in [0.1, 0.15) is 35.7 Å². The van der Waals surface area contributed by atoms with Gasteiger partial charge in [-0.25, -0.2) is 0 Å². The molecule has 0 atom stereocenters. The van der Waals surface area contributed by atoms with E-state index in [1.54, 1.807) is 19.2 Å². The van der Waals surface area contributed by atoms with Gasteiger partial charge >= 0.3 is 0 Å². The molecular formula is C18H27N3O3. The third kappa shape index (κ3) is 5.32. The summed E-state index contributed by atoms with van der Waals surface area (Å²) in [7, 11) is 1.71. The fraction of sp³-hybridized carbons (Fsp3) is 0.556. The Bertz CT molecular complexity index is 546. The number of piperidine rings is 1. The van der Waals surface area contributed by atoms with Crippen LogP contribution in [-0.2, 0) is 16.1 Å². The average molecular weight is 333 g/mol. The summed E-state index contributed by atoms with van der Waals surface area (Å²) in [6.07, 6.45) is 1.99. The van der Waals surface area contributed by atoms with Gasteiger partial charge in [0.2, 0.25) is 5.91 Å². The Morgan fingerprint density at radius 3 is 2.42 bits per heavy atom. The van der Waals surface area contributed by atoms with Gasteiger partial charge in [0, 0.05) is 38.1 Å². The minimum absolute atomic E-state index is 0.0149. The van der Waals surface area contributed by atoms with E-state index in [1.807, 2.05) is 12.1 Å². The van der Waals surface area contributed by atoms with Gasteiger partial charge in [-0.3, -0.25) is 9.59 Å². The third-order valence-electron chi connectivity index (χ3n) is 4.50. The number of hydrogen-bond donors (Lipinski definition) is 3. The van der Waals surface area contributed by atoms with Gasteiger partial charge in [0.15, 0.2) is 0 Å². The lowest BCUT2D eigenvalue weighted by Crippen LogP contribution is -2.47. The molecule has 0 aromatic heterocycles. The number of carbonyl (C=O) groups excluding carboxylic acids is 2. The summed E-state index contributed by atoms with van der Waals surface area (Å²) in [5.41, 5.74) is 1.61. The fourth-order valence-electron chi connectivity index (χ4n) is 3.01. The SMILES string of the molecule is COCC1(CNC(=O)c2ccc(CNC(C)=O)cc2)CCNCC1. The second-order valence-corrected chi connectivity index (χ2v) is 6.47. The van der Waals surface area contributed by atoms with Gasteiger partial charge in [0.05, 0.1) is 6.61 Å². The molecule has 0 aliphatic carbocycles. The van der Waals surface area contributed by atoms with Crippen LogP contribution in [0.25, 0.3) is 0 Å². The maximum atomic E-state index is 12.4. The highest BCUT2D eigenvalue weighted by atomic mass is 16.5. The molecule has 0 saturated carbocycles. The first-order chi connectivity index (χ1) is 11.5. The number of nitrogens with one attached hydrogen (secondary N) is 3. The molecule has 1 aromatic rings. The molecule has 1 aliphatic heterocycles. The van der Waals surface area contributed by atoms with E-state index < -0.39 is 0 Å². The van der Waals surface area contributed by atoms with Crippen LogP contribution in [0.4, 0.5) is 0 Å². The number of amides is 2. The number of hydrogen-bond acceptors (Lipinski definition) is 4. The van der Waals surface area contributed by atoms with Crippen molar-refractivity contribution in [3.8, 4) is 0 Å². The fourth-order valence-corrected chi connectivity index (χ4v) is 3.01. The first-order valence-corrected chi connectivity index (χ1v) is 8.36. The quantitative estimate of drug-likeness (QED) is 0.697. The van der Waals surface area contributed by atoms with Crippen molar-refractivity contribution in [3.63, 3.8) is 0 Å². The van der Waals surface area contributed by atoms with Crippen molar-refractivity contribution in [2.45, 2.75) is 26.3 Å². The second kappa shape index (κ2) is 8.80. The largest absolute Gasteiger partial charge is 0.384 e. The topological polar surface area (TPSA) is 79.5 Å². The maximum Gasteiger partial charge on any atom is 0.251 e. The summed E-state index contributed by atoms with van der Waals surface area (Å²) < 4.78 is 5.37. The average Bonchev–Trinajstić information content (AvgIpc) is 2.59. The Hall–Kier alpha value is -1.92. The van der Waals surface area contributed by atoms with Gasteiger partial charge in [-0.05, 0) is 43.6 Å². The van der Waals surface area contributed by atoms with Crippen molar-refractivity contribution < 1.29 is 14.3 Å². The number of carbonyl (C=O) groups is 2. The number of ether oxygens (including phenoxy) is 1. The number of rotatable bonds is 7. The summed E-state index contributed by atoms with van der Waals surface area (Å²) >= 11 is 0. The lowest BCUT2D eigenvalue weighted by Gasteiger charge is -2.37. The molecular weight excluding hydrogens is 306 g/mol. The van der Waals surface area contributed by atoms with E-state index in [-0.39, 0.29) is 17.2 Å². The molecule has 1 saturated heterocycles. The zero-order valence-corrected chi connectivity index (χ0v) is 14.5. The first-order valence-electron chi connectivity index (χ1n) is 8.36. The van der Waals surface area contributed by atoms with E-state index in [1.165, 1.54) is 6.92 Å². The highest BCUT2D eigenvalue weighted by Crippen LogP contribution is 2.28. The lowest BCUT2D eigenvalue weighted by molar-refractivity contribution is -0.119. The Morgan fingerprint density at radius 2 is 1.83 bits per heavy atom. The second-order valence-electron chi connectivity index (χ2n) is 6.47. The van der Waals surface area contributed by atoms with Crippen LogP contribution < -0.4 is 16.0 Å². The molecule has 1 fully saturated rings. The smallest absolute Gasteiger partial charge is 0.251 e. The Balaban J connectivity index is 1.90. The minimum Gasteiger partial charge on any atom is -0.384 e. The molecule has 3 N–H and O–H groups in total. The molecule has 1 aromatic carbocycles. The molecule has 0 bridgehead atoms. The molecule has 6 nitrogen and oxygen atoms in total. The minimum atomic E-state index is -0.0740. The van der Waals surface area contributed by atoms with Gasteiger partial charge in [-0.2, -0.15) is 0 Å². The number of benzene rings is 1. The van der Waals surface area contributed by atoms with Gasteiger partial charge in [0.1, 0.15) is 0 Å². The normalized spacial score (nSPS) is 16.4. The standard InChI is InChI=1S/C18H27N3O3/c1-14(22)20-11-15-3-5-16(6-4-15)17(23)21-12-18(13-24-2)7-9-19-10-8-18/h3-6,19H,7-13H2,1-2H3,(H,20,22)(H,21,23). The maximum absolute atomic E-state index is 12.4. The number of methoxy groups -OCH3 is 1. The molecule has 0 spiro atoms. The summed E-state index contributed by atoms with van der Waals surface area (Å²) in [6.45, 7) is 5.15. The predicted octanol–water partition coefficient (Wildman–Crippen LogP) is 1.07. The van der Waals surface area contributed by atoms with Crippen molar-refractivity contribution in [2.75, 3.05) is 33.4 Å². The molecule has 2 rings (SSSR count). The van der Waals surface area contributed by atoms with Crippen LogP contribution >= 0.6 is 0 Å². The van der Waals surface area contributed by atoms with Gasteiger partial charge < -0.3 is 20.7 Å². The van der Waals surface area contributed by atoms with Crippen LogP contribution in [0.2, 0.25) is 0 Å². The van der Waals surface area contributed by atoms with E-state index in [9.17, 15) is 9.59 Å². The molecule has 1 aliphatic rings. The van der Waals surface area contributed by atoms with Crippen LogP contribution in [0.15, 0.2) is 24.3 Å². The molecule has 1 heterocycles. The highest BCUT2D eigenvalue weighted by molar-refractivity contribution is 5.94. The Labute approximate surface area is 143 Å². The molecule has 0 radical (unpaired) electrons. The van der Waals surface area contributed by atoms with Crippen molar-refractivity contribution in [1.29, 1.82) is 0 Å². The van der Waals surface area contributed by atoms with E-state index >= 15 is 0 Å². The summed E-state index contributed by atoms with van der Waals surface area (Å²) in [5.74, 6) is -0.141. The van der Waals surface area contributed by atoms with E-state index in [0.717, 1.165) is 31.5 Å². The van der Waals surface area contributed by atoms with Gasteiger partial charge in [-0.15, -0.1) is 0 Å². The van der Waals surface area contributed by atoms with Crippen molar-refractivity contribution >= 4 is 11.8 Å². The third-order valence-corrected chi connectivity index (χ3v) is 4.50. The molecule has 132 valence electrons. The van der Waals surface area contributed by atoms with E-state index in [2.05, 4.69) is 16.0 Å².